The molecule has 3 aromatic carbocycles. The van der Waals surface area contributed by atoms with E-state index in [9.17, 15) is 16.8 Å². The molecule has 0 bridgehead atoms. The standard InChI is InChI=1S/C24H25N3O4S2/c1-3-32(28,29)26-22-12-8-7-11-21(22)23-17-24(19-15-13-18(2)14-16-19)27(25-23)33(30,31)20-9-5-4-6-10-20/h4-16,24,26H,3,17H2,1-2H3. The molecule has 1 N–H and O–H groups in total. The van der Waals surface area contributed by atoms with Crippen molar-refractivity contribution in [3.63, 3.8) is 0 Å². The van der Waals surface area contributed by atoms with Gasteiger partial charge in [-0.1, -0.05) is 66.2 Å². The van der Waals surface area contributed by atoms with E-state index in [1.54, 1.807) is 61.5 Å². The minimum atomic E-state index is -3.93. The van der Waals surface area contributed by atoms with Crippen molar-refractivity contribution in [2.24, 2.45) is 5.10 Å². The fraction of sp³-hybridized carbons (Fsp3) is 0.208. The quantitative estimate of drug-likeness (QED) is 0.542. The van der Waals surface area contributed by atoms with Crippen LogP contribution in [0, 0.1) is 6.92 Å². The van der Waals surface area contributed by atoms with Crippen LogP contribution in [0.25, 0.3) is 0 Å². The molecule has 7 nitrogen and oxygen atoms in total. The van der Waals surface area contributed by atoms with Crippen LogP contribution < -0.4 is 4.72 Å². The van der Waals surface area contributed by atoms with E-state index in [-0.39, 0.29) is 10.6 Å². The third-order valence-electron chi connectivity index (χ3n) is 5.51. The highest BCUT2D eigenvalue weighted by Crippen LogP contribution is 2.38. The Hall–Kier alpha value is -3.17. The summed E-state index contributed by atoms with van der Waals surface area (Å²) in [6, 6.07) is 22.2. The second-order valence-electron chi connectivity index (χ2n) is 7.82. The van der Waals surface area contributed by atoms with E-state index in [2.05, 4.69) is 9.82 Å². The lowest BCUT2D eigenvalue weighted by atomic mass is 9.98. The normalized spacial score (nSPS) is 16.5. The van der Waals surface area contributed by atoms with Gasteiger partial charge in [0, 0.05) is 12.0 Å². The maximum atomic E-state index is 13.5. The Morgan fingerprint density at radius 1 is 0.909 bits per heavy atom. The lowest BCUT2D eigenvalue weighted by Gasteiger charge is -2.23. The molecular weight excluding hydrogens is 458 g/mol. The highest BCUT2D eigenvalue weighted by Gasteiger charge is 2.38. The number of para-hydroxylation sites is 1. The van der Waals surface area contributed by atoms with E-state index in [1.807, 2.05) is 31.2 Å². The zero-order valence-corrected chi connectivity index (χ0v) is 20.0. The summed E-state index contributed by atoms with van der Waals surface area (Å²) in [6.07, 6.45) is 0.306. The first kappa shape index (κ1) is 23.0. The first-order valence-electron chi connectivity index (χ1n) is 10.5. The number of hydrogen-bond acceptors (Lipinski definition) is 5. The highest BCUT2D eigenvalue weighted by atomic mass is 32.2. The van der Waals surface area contributed by atoms with Crippen molar-refractivity contribution in [1.29, 1.82) is 0 Å². The molecule has 0 radical (unpaired) electrons. The third-order valence-corrected chi connectivity index (χ3v) is 8.49. The largest absolute Gasteiger partial charge is 0.283 e. The Morgan fingerprint density at radius 2 is 1.55 bits per heavy atom. The molecule has 0 aliphatic carbocycles. The van der Waals surface area contributed by atoms with Crippen molar-refractivity contribution in [1.82, 2.24) is 4.41 Å². The van der Waals surface area contributed by atoms with Gasteiger partial charge >= 0.3 is 0 Å². The number of anilines is 1. The number of benzene rings is 3. The molecule has 1 unspecified atom stereocenters. The predicted molar refractivity (Wildman–Crippen MR) is 130 cm³/mol. The van der Waals surface area contributed by atoms with Crippen LogP contribution in [-0.4, -0.2) is 32.7 Å². The van der Waals surface area contributed by atoms with Gasteiger partial charge in [-0.2, -0.15) is 17.9 Å². The lowest BCUT2D eigenvalue weighted by Crippen LogP contribution is -2.27. The van der Waals surface area contributed by atoms with Crippen LogP contribution in [0.2, 0.25) is 0 Å². The van der Waals surface area contributed by atoms with E-state index >= 15 is 0 Å². The molecule has 3 aromatic rings. The second-order valence-corrected chi connectivity index (χ2v) is 11.6. The van der Waals surface area contributed by atoms with Gasteiger partial charge in [0.25, 0.3) is 10.0 Å². The first-order valence-corrected chi connectivity index (χ1v) is 13.6. The number of aryl methyl sites for hydroxylation is 1. The smallest absolute Gasteiger partial charge is 0.279 e. The molecule has 1 aliphatic rings. The van der Waals surface area contributed by atoms with E-state index < -0.39 is 26.1 Å². The number of rotatable bonds is 7. The van der Waals surface area contributed by atoms with Gasteiger partial charge < -0.3 is 0 Å². The van der Waals surface area contributed by atoms with Gasteiger partial charge in [0.2, 0.25) is 10.0 Å². The fourth-order valence-electron chi connectivity index (χ4n) is 3.67. The third kappa shape index (κ3) is 4.79. The Balaban J connectivity index is 1.82. The molecule has 1 aliphatic heterocycles. The molecular formula is C24H25N3O4S2. The second kappa shape index (κ2) is 8.99. The molecule has 1 atom stereocenters. The summed E-state index contributed by atoms with van der Waals surface area (Å²) in [5.41, 5.74) is 3.30. The summed E-state index contributed by atoms with van der Waals surface area (Å²) in [5.74, 6) is -0.0751. The molecule has 172 valence electrons. The maximum absolute atomic E-state index is 13.5. The van der Waals surface area contributed by atoms with Crippen LogP contribution in [0.15, 0.2) is 88.9 Å². The molecule has 0 aromatic heterocycles. The Morgan fingerprint density at radius 3 is 2.21 bits per heavy atom. The van der Waals surface area contributed by atoms with Crippen LogP contribution in [0.1, 0.15) is 36.1 Å². The Bertz CT molecular complexity index is 1390. The van der Waals surface area contributed by atoms with E-state index in [0.717, 1.165) is 15.5 Å². The number of nitrogens with one attached hydrogen (secondary N) is 1. The van der Waals surface area contributed by atoms with Gasteiger partial charge in [-0.15, -0.1) is 0 Å². The minimum Gasteiger partial charge on any atom is -0.283 e. The van der Waals surface area contributed by atoms with Gasteiger partial charge in [0.15, 0.2) is 0 Å². The Labute approximate surface area is 194 Å². The van der Waals surface area contributed by atoms with Gasteiger partial charge in [-0.05, 0) is 37.6 Å². The highest BCUT2D eigenvalue weighted by molar-refractivity contribution is 7.92. The van der Waals surface area contributed by atoms with E-state index in [0.29, 0.717) is 23.4 Å². The number of hydrazone groups is 1. The maximum Gasteiger partial charge on any atom is 0.279 e. The van der Waals surface area contributed by atoms with Crippen LogP contribution in [-0.2, 0) is 20.0 Å². The molecule has 33 heavy (non-hydrogen) atoms. The predicted octanol–water partition coefficient (Wildman–Crippen LogP) is 4.30. The van der Waals surface area contributed by atoms with E-state index in [4.69, 9.17) is 0 Å². The molecule has 0 saturated heterocycles. The van der Waals surface area contributed by atoms with Gasteiger partial charge in [-0.3, -0.25) is 4.72 Å². The minimum absolute atomic E-state index is 0.0751. The van der Waals surface area contributed by atoms with Crippen molar-refractivity contribution in [2.75, 3.05) is 10.5 Å². The average molecular weight is 484 g/mol. The zero-order chi connectivity index (χ0) is 23.6. The molecule has 4 rings (SSSR count). The van der Waals surface area contributed by atoms with E-state index in [1.165, 1.54) is 0 Å². The topological polar surface area (TPSA) is 95.9 Å². The van der Waals surface area contributed by atoms with Crippen LogP contribution in [0.3, 0.4) is 0 Å². The summed E-state index contributed by atoms with van der Waals surface area (Å²) in [6.45, 7) is 3.52. The number of sulfonamides is 2. The van der Waals surface area contributed by atoms with Gasteiger partial charge in [0.05, 0.1) is 28.1 Å². The van der Waals surface area contributed by atoms with Crippen molar-refractivity contribution in [2.45, 2.75) is 31.2 Å². The summed E-state index contributed by atoms with van der Waals surface area (Å²) in [4.78, 5) is 0.145. The van der Waals surface area contributed by atoms with Gasteiger partial charge in [0.1, 0.15) is 0 Å². The van der Waals surface area contributed by atoms with Crippen LogP contribution in [0.5, 0.6) is 0 Å². The van der Waals surface area contributed by atoms with Crippen molar-refractivity contribution < 1.29 is 16.8 Å². The SMILES string of the molecule is CCS(=O)(=O)Nc1ccccc1C1=NN(S(=O)(=O)c2ccccc2)C(c2ccc(C)cc2)C1. The lowest BCUT2D eigenvalue weighted by molar-refractivity contribution is 0.371. The summed E-state index contributed by atoms with van der Waals surface area (Å²) in [7, 11) is -7.45. The average Bonchev–Trinajstić information content (AvgIpc) is 3.26. The first-order chi connectivity index (χ1) is 15.7. The molecule has 1 heterocycles. The van der Waals surface area contributed by atoms with Crippen molar-refractivity contribution in [3.05, 3.63) is 95.6 Å². The van der Waals surface area contributed by atoms with Crippen molar-refractivity contribution in [3.8, 4) is 0 Å². The number of nitrogens with zero attached hydrogens (tertiary/aromatic N) is 2. The van der Waals surface area contributed by atoms with Gasteiger partial charge in [-0.25, -0.2) is 8.42 Å². The number of hydrogen-bond donors (Lipinski definition) is 1. The molecule has 9 heteroatoms. The van der Waals surface area contributed by atoms with Crippen LogP contribution in [0.4, 0.5) is 5.69 Å². The Kier molecular flexibility index (Phi) is 6.27. The molecule has 0 amide bonds. The monoisotopic (exact) mass is 483 g/mol. The van der Waals surface area contributed by atoms with Crippen LogP contribution >= 0.6 is 0 Å². The zero-order valence-electron chi connectivity index (χ0n) is 18.3. The summed E-state index contributed by atoms with van der Waals surface area (Å²) >= 11 is 0. The fourth-order valence-corrected chi connectivity index (χ4v) is 5.79. The summed E-state index contributed by atoms with van der Waals surface area (Å²) < 4.78 is 55.2. The van der Waals surface area contributed by atoms with Crippen molar-refractivity contribution >= 4 is 31.4 Å². The molecule has 0 spiro atoms. The molecule has 0 saturated carbocycles. The summed E-state index contributed by atoms with van der Waals surface area (Å²) in [5, 5.41) is 4.53. The molecule has 0 fully saturated rings.